The molecule has 38 heavy (non-hydrogen) atoms. The maximum absolute atomic E-state index is 13.8. The number of aliphatic hydroxyl groups excluding tert-OH is 1. The topological polar surface area (TPSA) is 108 Å². The highest BCUT2D eigenvalue weighted by Crippen LogP contribution is 2.43. The quantitative estimate of drug-likeness (QED) is 0.506. The number of allylic oxidation sites excluding steroid dienone is 2. The van der Waals surface area contributed by atoms with Crippen molar-refractivity contribution < 1.29 is 14.7 Å². The number of ketones is 1. The van der Waals surface area contributed by atoms with Crippen molar-refractivity contribution in [2.24, 2.45) is 16.9 Å². The van der Waals surface area contributed by atoms with E-state index in [1.165, 1.54) is 17.9 Å². The van der Waals surface area contributed by atoms with Gasteiger partial charge in [0.15, 0.2) is 0 Å². The van der Waals surface area contributed by atoms with Gasteiger partial charge in [-0.1, -0.05) is 51.4 Å². The molecule has 8 heteroatoms. The first-order valence-electron chi connectivity index (χ1n) is 14.3. The second-order valence-electron chi connectivity index (χ2n) is 13.6. The van der Waals surface area contributed by atoms with Crippen LogP contribution in [0.25, 0.3) is 5.57 Å². The van der Waals surface area contributed by atoms with Gasteiger partial charge in [-0.25, -0.2) is 9.69 Å². The van der Waals surface area contributed by atoms with Crippen LogP contribution in [-0.4, -0.2) is 42.8 Å². The molecule has 2 N–H and O–H groups in total. The van der Waals surface area contributed by atoms with Crippen LogP contribution in [0.2, 0.25) is 0 Å². The Morgan fingerprint density at radius 1 is 0.816 bits per heavy atom. The number of aromatic amines is 1. The molecule has 4 aliphatic rings. The number of carbonyl (C=O) groups excluding carboxylic acids is 2. The summed E-state index contributed by atoms with van der Waals surface area (Å²) in [4.78, 5) is 41.0. The molecule has 0 bridgehead atoms. The fraction of sp³-hybridized carbons (Fsp3) is 0.667. The van der Waals surface area contributed by atoms with Gasteiger partial charge >= 0.3 is 0 Å². The van der Waals surface area contributed by atoms with E-state index in [9.17, 15) is 19.5 Å². The molecule has 1 aliphatic heterocycles. The largest absolute Gasteiger partial charge is 0.506 e. The molecular weight excluding hydrogens is 480 g/mol. The molecule has 5 rings (SSSR count). The van der Waals surface area contributed by atoms with Crippen molar-refractivity contribution in [1.82, 2.24) is 14.8 Å². The molecule has 0 saturated heterocycles. The number of hydrogen-bond acceptors (Lipinski definition) is 5. The van der Waals surface area contributed by atoms with Crippen LogP contribution in [-0.2, 0) is 21.5 Å². The number of rotatable bonds is 5. The normalized spacial score (nSPS) is 23.7. The van der Waals surface area contributed by atoms with E-state index in [1.807, 2.05) is 41.5 Å². The number of aliphatic hydroxyl groups is 1. The number of hydrogen-bond donors (Lipinski definition) is 2. The third-order valence-electron chi connectivity index (χ3n) is 8.54. The van der Waals surface area contributed by atoms with Gasteiger partial charge in [0.25, 0.3) is 11.5 Å². The maximum Gasteiger partial charge on any atom is 0.277 e. The van der Waals surface area contributed by atoms with E-state index in [4.69, 9.17) is 0 Å². The lowest BCUT2D eigenvalue weighted by atomic mass is 9.78. The molecule has 2 saturated carbocycles. The summed E-state index contributed by atoms with van der Waals surface area (Å²) in [6, 6.07) is 0. The Hall–Kier alpha value is -2.90. The standard InChI is InChI=1S/C30H42N4O4/c1-29(2,3)33-27(37)21(19(31-33)15-17-11-7-8-12-17)23-25(35)24(26(23)36)22-20(16-18-13-9-10-14-18)32-34(28(22)38)30(4,5)6/h17-18,31,35H,7-16H2,1-6H3. The minimum atomic E-state index is -0.565. The lowest BCUT2D eigenvalue weighted by Gasteiger charge is -2.28. The molecule has 2 fully saturated rings. The van der Waals surface area contributed by atoms with Gasteiger partial charge in [-0.3, -0.25) is 19.5 Å². The van der Waals surface area contributed by atoms with E-state index in [0.29, 0.717) is 36.1 Å². The Balaban J connectivity index is 1.61. The van der Waals surface area contributed by atoms with Crippen LogP contribution in [0, 0.1) is 11.8 Å². The van der Waals surface area contributed by atoms with Gasteiger partial charge in [-0.2, -0.15) is 5.10 Å². The van der Waals surface area contributed by atoms with Crippen LogP contribution in [0.5, 0.6) is 0 Å². The number of hydrazone groups is 1. The van der Waals surface area contributed by atoms with Gasteiger partial charge in [-0.15, -0.1) is 0 Å². The van der Waals surface area contributed by atoms with Crippen molar-refractivity contribution in [3.63, 3.8) is 0 Å². The minimum Gasteiger partial charge on any atom is -0.506 e. The molecular formula is C30H42N4O4. The zero-order chi connectivity index (χ0) is 27.6. The monoisotopic (exact) mass is 522 g/mol. The van der Waals surface area contributed by atoms with E-state index >= 15 is 0 Å². The fourth-order valence-corrected chi connectivity index (χ4v) is 6.51. The molecule has 0 unspecified atom stereocenters. The summed E-state index contributed by atoms with van der Waals surface area (Å²) in [5.74, 6) is -0.187. The second-order valence-corrected chi connectivity index (χ2v) is 13.6. The van der Waals surface area contributed by atoms with E-state index in [2.05, 4.69) is 10.2 Å². The fourth-order valence-electron chi connectivity index (χ4n) is 6.51. The first-order chi connectivity index (χ1) is 17.8. The Kier molecular flexibility index (Phi) is 6.59. The molecule has 1 aromatic rings. The highest BCUT2D eigenvalue weighted by Gasteiger charge is 2.47. The number of aromatic nitrogens is 2. The number of Topliss-reactive ketones (excluding diaryl/α,β-unsaturated/α-hetero) is 1. The number of H-pyrrole nitrogens is 1. The molecule has 206 valence electrons. The summed E-state index contributed by atoms with van der Waals surface area (Å²) in [6.07, 6.45) is 10.3. The maximum atomic E-state index is 13.8. The Morgan fingerprint density at radius 2 is 1.37 bits per heavy atom. The summed E-state index contributed by atoms with van der Waals surface area (Å²) in [5, 5.41) is 20.8. The average Bonchev–Trinajstić information content (AvgIpc) is 3.61. The highest BCUT2D eigenvalue weighted by atomic mass is 16.3. The van der Waals surface area contributed by atoms with E-state index < -0.39 is 16.9 Å². The summed E-state index contributed by atoms with van der Waals surface area (Å²) >= 11 is 0. The van der Waals surface area contributed by atoms with E-state index in [-0.39, 0.29) is 39.5 Å². The summed E-state index contributed by atoms with van der Waals surface area (Å²) < 4.78 is 1.56. The third kappa shape index (κ3) is 4.50. The number of nitrogens with one attached hydrogen (secondary N) is 1. The van der Waals surface area contributed by atoms with Crippen LogP contribution in [0.3, 0.4) is 0 Å². The zero-order valence-electron chi connectivity index (χ0n) is 23.7. The summed E-state index contributed by atoms with van der Waals surface area (Å²) in [6.45, 7) is 11.5. The molecule has 2 heterocycles. The van der Waals surface area contributed by atoms with E-state index in [1.54, 1.807) is 4.68 Å². The number of carbonyl (C=O) groups is 2. The molecule has 0 aromatic carbocycles. The Bertz CT molecular complexity index is 1310. The number of nitrogens with zero attached hydrogens (tertiary/aromatic N) is 3. The van der Waals surface area contributed by atoms with E-state index in [0.717, 1.165) is 38.5 Å². The third-order valence-corrected chi connectivity index (χ3v) is 8.54. The molecule has 0 spiro atoms. The van der Waals surface area contributed by atoms with Gasteiger partial charge in [-0.05, 0) is 66.2 Å². The molecule has 0 atom stereocenters. The van der Waals surface area contributed by atoms with Gasteiger partial charge in [0.1, 0.15) is 5.76 Å². The van der Waals surface area contributed by atoms with Crippen molar-refractivity contribution in [3.05, 3.63) is 38.5 Å². The molecule has 1 amide bonds. The average molecular weight is 523 g/mol. The zero-order valence-corrected chi connectivity index (χ0v) is 23.7. The molecule has 0 radical (unpaired) electrons. The van der Waals surface area contributed by atoms with Crippen molar-refractivity contribution in [2.75, 3.05) is 0 Å². The molecule has 1 aromatic heterocycles. The van der Waals surface area contributed by atoms with Crippen molar-refractivity contribution >= 4 is 23.0 Å². The van der Waals surface area contributed by atoms with Gasteiger partial charge in [0.05, 0.1) is 39.1 Å². The van der Waals surface area contributed by atoms with Crippen LogP contribution < -0.4 is 5.56 Å². The number of amides is 1. The minimum absolute atomic E-state index is 0.0169. The molecule has 8 nitrogen and oxygen atoms in total. The van der Waals surface area contributed by atoms with Crippen LogP contribution in [0.1, 0.15) is 111 Å². The first kappa shape index (κ1) is 26.7. The predicted molar refractivity (Wildman–Crippen MR) is 148 cm³/mol. The first-order valence-corrected chi connectivity index (χ1v) is 14.3. The van der Waals surface area contributed by atoms with Crippen molar-refractivity contribution in [3.8, 4) is 0 Å². The smallest absolute Gasteiger partial charge is 0.277 e. The Labute approximate surface area is 224 Å². The SMILES string of the molecule is CC(C)(C)N1N=C(CC2CCCC2)C(=C2C(=O)C(c3c(CC4CCCC4)[nH]n(C(C)(C)C)c3=O)=C2O)C1=O. The highest BCUT2D eigenvalue weighted by molar-refractivity contribution is 6.44. The van der Waals surface area contributed by atoms with Gasteiger partial charge in [0, 0.05) is 5.69 Å². The van der Waals surface area contributed by atoms with Crippen LogP contribution >= 0.6 is 0 Å². The molecule has 3 aliphatic carbocycles. The van der Waals surface area contributed by atoms with Crippen molar-refractivity contribution in [1.29, 1.82) is 0 Å². The Morgan fingerprint density at radius 3 is 1.87 bits per heavy atom. The van der Waals surface area contributed by atoms with Gasteiger partial charge in [0.2, 0.25) is 5.78 Å². The second kappa shape index (κ2) is 9.38. The van der Waals surface area contributed by atoms with Crippen LogP contribution in [0.15, 0.2) is 26.8 Å². The summed E-state index contributed by atoms with van der Waals surface area (Å²) in [7, 11) is 0. The predicted octanol–water partition coefficient (Wildman–Crippen LogP) is 5.39. The van der Waals surface area contributed by atoms with Crippen LogP contribution in [0.4, 0.5) is 0 Å². The summed E-state index contributed by atoms with van der Waals surface area (Å²) in [5.41, 5.74) is 0.412. The lowest BCUT2D eigenvalue weighted by molar-refractivity contribution is -0.130. The lowest BCUT2D eigenvalue weighted by Crippen LogP contribution is -2.40. The van der Waals surface area contributed by atoms with Gasteiger partial charge < -0.3 is 5.11 Å². The van der Waals surface area contributed by atoms with Crippen molar-refractivity contribution in [2.45, 2.75) is 117 Å².